The molecule has 2 N–H and O–H groups in total. The summed E-state index contributed by atoms with van der Waals surface area (Å²) in [5.41, 5.74) is 1.13. The van der Waals surface area contributed by atoms with Crippen molar-refractivity contribution < 1.29 is 14.4 Å². The van der Waals surface area contributed by atoms with Crippen LogP contribution in [0.25, 0.3) is 0 Å². The van der Waals surface area contributed by atoms with Gasteiger partial charge in [-0.05, 0) is 31.5 Å². The summed E-state index contributed by atoms with van der Waals surface area (Å²) in [7, 11) is 0. The number of benzene rings is 1. The van der Waals surface area contributed by atoms with Gasteiger partial charge in [-0.3, -0.25) is 10.1 Å². The molecule has 0 saturated carbocycles. The zero-order valence-corrected chi connectivity index (χ0v) is 16.0. The van der Waals surface area contributed by atoms with Crippen LogP contribution >= 0.6 is 22.9 Å². The number of aromatic nitrogens is 1. The van der Waals surface area contributed by atoms with Gasteiger partial charge in [0.1, 0.15) is 25.3 Å². The number of thiazole rings is 1. The van der Waals surface area contributed by atoms with Crippen LogP contribution in [-0.4, -0.2) is 42.7 Å². The molecule has 2 atom stereocenters. The van der Waals surface area contributed by atoms with Crippen molar-refractivity contribution in [1.29, 1.82) is 0 Å². The van der Waals surface area contributed by atoms with Gasteiger partial charge in [-0.15, -0.1) is 11.3 Å². The quantitative estimate of drug-likeness (QED) is 0.834. The van der Waals surface area contributed by atoms with Gasteiger partial charge in [-0.25, -0.2) is 4.98 Å². The fourth-order valence-corrected chi connectivity index (χ4v) is 4.29. The Kier molecular flexibility index (Phi) is 6.06. The van der Waals surface area contributed by atoms with Crippen LogP contribution < -0.4 is 10.2 Å². The average Bonchev–Trinajstić information content (AvgIpc) is 2.92. The van der Waals surface area contributed by atoms with Crippen molar-refractivity contribution in [3.05, 3.63) is 45.9 Å². The second kappa shape index (κ2) is 8.27. The minimum absolute atomic E-state index is 0.0000412. The first-order chi connectivity index (χ1) is 12.0. The lowest BCUT2D eigenvalue weighted by atomic mass is 10.1. The Morgan fingerprint density at radius 2 is 2.16 bits per heavy atom. The van der Waals surface area contributed by atoms with Crippen molar-refractivity contribution in [1.82, 2.24) is 4.98 Å². The van der Waals surface area contributed by atoms with Crippen LogP contribution in [0.5, 0.6) is 0 Å². The van der Waals surface area contributed by atoms with Crippen LogP contribution in [0.3, 0.4) is 0 Å². The van der Waals surface area contributed by atoms with E-state index in [0.29, 0.717) is 11.7 Å². The number of hydrogen-bond acceptors (Lipinski definition) is 4. The first-order valence-corrected chi connectivity index (χ1v) is 9.65. The topological polar surface area (TPSA) is 55.7 Å². The van der Waals surface area contributed by atoms with Gasteiger partial charge in [0.2, 0.25) is 0 Å². The first kappa shape index (κ1) is 18.3. The highest BCUT2D eigenvalue weighted by Crippen LogP contribution is 2.22. The van der Waals surface area contributed by atoms with E-state index in [9.17, 15) is 4.79 Å². The molecule has 2 unspecified atom stereocenters. The lowest BCUT2D eigenvalue weighted by Gasteiger charge is -2.31. The highest BCUT2D eigenvalue weighted by Gasteiger charge is 2.27. The molecule has 134 valence electrons. The van der Waals surface area contributed by atoms with Crippen LogP contribution in [0.4, 0.5) is 5.13 Å². The summed E-state index contributed by atoms with van der Waals surface area (Å²) >= 11 is 7.52. The lowest BCUT2D eigenvalue weighted by molar-refractivity contribution is -0.907. The Balaban J connectivity index is 1.53. The molecular weight excluding hydrogens is 358 g/mol. The average molecular weight is 381 g/mol. The second-order valence-corrected chi connectivity index (χ2v) is 8.13. The number of quaternary nitrogens is 1. The van der Waals surface area contributed by atoms with Gasteiger partial charge in [0.05, 0.1) is 0 Å². The van der Waals surface area contributed by atoms with Gasteiger partial charge in [0.25, 0.3) is 5.91 Å². The first-order valence-electron chi connectivity index (χ1n) is 8.46. The van der Waals surface area contributed by atoms with E-state index in [4.69, 9.17) is 16.3 Å². The second-order valence-electron chi connectivity index (χ2n) is 6.58. The molecule has 2 heterocycles. The number of carbonyl (C=O) groups is 1. The molecule has 5 nitrogen and oxygen atoms in total. The largest absolute Gasteiger partial charge is 0.364 e. The molecular formula is C18H23ClN3O2S+. The molecule has 0 aliphatic carbocycles. The maximum atomic E-state index is 12.3. The van der Waals surface area contributed by atoms with E-state index in [1.54, 1.807) is 0 Å². The number of nitrogens with zero attached hydrogens (tertiary/aromatic N) is 1. The molecule has 1 saturated heterocycles. The molecule has 25 heavy (non-hydrogen) atoms. The number of nitrogens with one attached hydrogen (secondary N) is 2. The summed E-state index contributed by atoms with van der Waals surface area (Å²) in [5, 5.41) is 4.30. The van der Waals surface area contributed by atoms with Crippen molar-refractivity contribution in [2.24, 2.45) is 0 Å². The number of halogens is 1. The van der Waals surface area contributed by atoms with E-state index in [1.165, 1.54) is 16.2 Å². The fraction of sp³-hybridized carbons (Fsp3) is 0.444. The van der Waals surface area contributed by atoms with Crippen molar-refractivity contribution >= 4 is 34.0 Å². The summed E-state index contributed by atoms with van der Waals surface area (Å²) in [6.45, 7) is 6.26. The van der Waals surface area contributed by atoms with Gasteiger partial charge in [0.15, 0.2) is 11.7 Å². The molecule has 7 heteroatoms. The monoisotopic (exact) mass is 380 g/mol. The minimum Gasteiger partial charge on any atom is -0.364 e. The number of rotatable bonds is 5. The zero-order chi connectivity index (χ0) is 17.8. The summed E-state index contributed by atoms with van der Waals surface area (Å²) < 4.78 is 5.71. The molecule has 2 aromatic rings. The SMILES string of the molecule is CC1C[NH+](CC(=O)Nc2ncc(Cc3cccc(Cl)c3)s2)CC(C)O1. The number of anilines is 1. The predicted octanol–water partition coefficient (Wildman–Crippen LogP) is 2.02. The number of ether oxygens (including phenoxy) is 1. The van der Waals surface area contributed by atoms with Gasteiger partial charge < -0.3 is 9.64 Å². The van der Waals surface area contributed by atoms with E-state index in [2.05, 4.69) is 24.1 Å². The normalized spacial score (nSPS) is 23.4. The van der Waals surface area contributed by atoms with E-state index < -0.39 is 0 Å². The van der Waals surface area contributed by atoms with Crippen molar-refractivity contribution in [3.63, 3.8) is 0 Å². The van der Waals surface area contributed by atoms with Crippen molar-refractivity contribution in [2.45, 2.75) is 32.5 Å². The Bertz CT molecular complexity index is 727. The minimum atomic E-state index is -0.0000412. The fourth-order valence-electron chi connectivity index (χ4n) is 3.22. The van der Waals surface area contributed by atoms with Crippen molar-refractivity contribution in [3.8, 4) is 0 Å². The highest BCUT2D eigenvalue weighted by molar-refractivity contribution is 7.15. The van der Waals surface area contributed by atoms with E-state index >= 15 is 0 Å². The summed E-state index contributed by atoms with van der Waals surface area (Å²) in [6, 6.07) is 7.78. The molecule has 1 aliphatic heterocycles. The summed E-state index contributed by atoms with van der Waals surface area (Å²) in [5.74, 6) is -0.0000412. The van der Waals surface area contributed by atoms with E-state index in [1.807, 2.05) is 30.5 Å². The lowest BCUT2D eigenvalue weighted by Crippen LogP contribution is -3.16. The summed E-state index contributed by atoms with van der Waals surface area (Å²) in [6.07, 6.45) is 2.96. The van der Waals surface area contributed by atoms with E-state index in [-0.39, 0.29) is 18.1 Å². The van der Waals surface area contributed by atoms with Gasteiger partial charge in [-0.2, -0.15) is 0 Å². The zero-order valence-electron chi connectivity index (χ0n) is 14.4. The maximum absolute atomic E-state index is 12.3. The van der Waals surface area contributed by atoms with Crippen LogP contribution in [0.2, 0.25) is 5.02 Å². The molecule has 1 amide bonds. The summed E-state index contributed by atoms with van der Waals surface area (Å²) in [4.78, 5) is 18.9. The van der Waals surface area contributed by atoms with Gasteiger partial charge >= 0.3 is 0 Å². The van der Waals surface area contributed by atoms with Crippen LogP contribution in [0.15, 0.2) is 30.5 Å². The molecule has 0 radical (unpaired) electrons. The Labute approximate surface area is 157 Å². The Morgan fingerprint density at radius 1 is 1.40 bits per heavy atom. The number of morpholine rings is 1. The third-order valence-electron chi connectivity index (χ3n) is 4.09. The number of carbonyl (C=O) groups excluding carboxylic acids is 1. The van der Waals surface area contributed by atoms with Crippen molar-refractivity contribution in [2.75, 3.05) is 25.0 Å². The van der Waals surface area contributed by atoms with Crippen LogP contribution in [-0.2, 0) is 16.0 Å². The van der Waals surface area contributed by atoms with Crippen LogP contribution in [0, 0.1) is 0 Å². The number of hydrogen-bond donors (Lipinski definition) is 2. The third-order valence-corrected chi connectivity index (χ3v) is 5.24. The maximum Gasteiger partial charge on any atom is 0.281 e. The smallest absolute Gasteiger partial charge is 0.281 e. The van der Waals surface area contributed by atoms with Gasteiger partial charge in [0, 0.05) is 22.5 Å². The number of amides is 1. The van der Waals surface area contributed by atoms with Gasteiger partial charge in [-0.1, -0.05) is 23.7 Å². The highest BCUT2D eigenvalue weighted by atomic mass is 35.5. The molecule has 1 fully saturated rings. The molecule has 0 bridgehead atoms. The van der Waals surface area contributed by atoms with Crippen LogP contribution in [0.1, 0.15) is 24.3 Å². The molecule has 1 aromatic heterocycles. The Hall–Kier alpha value is -1.47. The molecule has 0 spiro atoms. The molecule has 1 aliphatic rings. The Morgan fingerprint density at radius 3 is 2.88 bits per heavy atom. The third kappa shape index (κ3) is 5.51. The molecule has 1 aromatic carbocycles. The predicted molar refractivity (Wildman–Crippen MR) is 101 cm³/mol. The molecule has 3 rings (SSSR count). The standard InChI is InChI=1S/C18H22ClN3O2S/c1-12-9-22(10-13(2)24-12)11-17(23)21-18-20-8-16(25-18)7-14-4-3-5-15(19)6-14/h3-6,8,12-13H,7,9-11H2,1-2H3,(H,20,21,23)/p+1. The van der Waals surface area contributed by atoms with E-state index in [0.717, 1.165) is 35.0 Å².